The van der Waals surface area contributed by atoms with Crippen LogP contribution < -0.4 is 10.6 Å². The highest BCUT2D eigenvalue weighted by molar-refractivity contribution is 5.93. The molecule has 1 aromatic heterocycles. The SMILES string of the molecule is CCNCCCNC(=O)c1ccc(C(=O)O)o1. The number of furan rings is 1. The van der Waals surface area contributed by atoms with Crippen molar-refractivity contribution < 1.29 is 19.1 Å². The molecule has 0 aliphatic rings. The minimum atomic E-state index is -1.18. The first-order valence-electron chi connectivity index (χ1n) is 5.47. The number of rotatable bonds is 7. The van der Waals surface area contributed by atoms with E-state index in [2.05, 4.69) is 10.6 Å². The van der Waals surface area contributed by atoms with Gasteiger partial charge in [-0.3, -0.25) is 4.79 Å². The number of nitrogens with one attached hydrogen (secondary N) is 2. The summed E-state index contributed by atoms with van der Waals surface area (Å²) in [5.74, 6) is -1.79. The number of carboxylic acid groups (broad SMARTS) is 1. The van der Waals surface area contributed by atoms with E-state index in [-0.39, 0.29) is 11.5 Å². The van der Waals surface area contributed by atoms with E-state index in [0.29, 0.717) is 6.54 Å². The molecule has 0 bridgehead atoms. The van der Waals surface area contributed by atoms with Crippen LogP contribution in [0.5, 0.6) is 0 Å². The van der Waals surface area contributed by atoms with Gasteiger partial charge in [-0.25, -0.2) is 4.79 Å². The number of carbonyl (C=O) groups excluding carboxylic acids is 1. The van der Waals surface area contributed by atoms with Crippen LogP contribution in [0.3, 0.4) is 0 Å². The Kier molecular flexibility index (Phi) is 5.22. The normalized spacial score (nSPS) is 10.2. The highest BCUT2D eigenvalue weighted by Gasteiger charge is 2.13. The maximum absolute atomic E-state index is 11.5. The molecule has 0 atom stereocenters. The summed E-state index contributed by atoms with van der Waals surface area (Å²) in [4.78, 5) is 22.0. The molecule has 0 unspecified atom stereocenters. The molecule has 0 saturated carbocycles. The predicted molar refractivity (Wildman–Crippen MR) is 61.2 cm³/mol. The van der Waals surface area contributed by atoms with Crippen molar-refractivity contribution in [2.24, 2.45) is 0 Å². The topological polar surface area (TPSA) is 91.6 Å². The summed E-state index contributed by atoms with van der Waals surface area (Å²) in [6, 6.07) is 2.61. The Morgan fingerprint density at radius 1 is 1.29 bits per heavy atom. The van der Waals surface area contributed by atoms with Crippen LogP contribution in [-0.2, 0) is 0 Å². The summed E-state index contributed by atoms with van der Waals surface area (Å²) in [5, 5.41) is 14.4. The maximum Gasteiger partial charge on any atom is 0.371 e. The number of amides is 1. The molecule has 0 radical (unpaired) electrons. The molecule has 94 valence electrons. The Bertz CT molecular complexity index is 387. The molecule has 17 heavy (non-hydrogen) atoms. The summed E-state index contributed by atoms with van der Waals surface area (Å²) in [7, 11) is 0. The van der Waals surface area contributed by atoms with Crippen LogP contribution in [0, 0.1) is 0 Å². The first-order chi connectivity index (χ1) is 8.15. The fraction of sp³-hybridized carbons (Fsp3) is 0.455. The van der Waals surface area contributed by atoms with Gasteiger partial charge in [0.05, 0.1) is 0 Å². The average molecular weight is 240 g/mol. The minimum absolute atomic E-state index is 0.0193. The van der Waals surface area contributed by atoms with E-state index in [4.69, 9.17) is 9.52 Å². The molecule has 3 N–H and O–H groups in total. The van der Waals surface area contributed by atoms with Crippen LogP contribution in [0.15, 0.2) is 16.5 Å². The van der Waals surface area contributed by atoms with Crippen molar-refractivity contribution in [3.8, 4) is 0 Å². The van der Waals surface area contributed by atoms with Crippen molar-refractivity contribution in [2.75, 3.05) is 19.6 Å². The van der Waals surface area contributed by atoms with Gasteiger partial charge in [0.25, 0.3) is 5.91 Å². The lowest BCUT2D eigenvalue weighted by molar-refractivity contribution is 0.0659. The largest absolute Gasteiger partial charge is 0.475 e. The van der Waals surface area contributed by atoms with Gasteiger partial charge in [0, 0.05) is 6.54 Å². The van der Waals surface area contributed by atoms with Crippen molar-refractivity contribution in [3.63, 3.8) is 0 Å². The van der Waals surface area contributed by atoms with Crippen molar-refractivity contribution in [1.82, 2.24) is 10.6 Å². The van der Waals surface area contributed by atoms with Crippen molar-refractivity contribution in [1.29, 1.82) is 0 Å². The number of aromatic carboxylic acids is 1. The van der Waals surface area contributed by atoms with Gasteiger partial charge in [-0.1, -0.05) is 6.92 Å². The summed E-state index contributed by atoms with van der Waals surface area (Å²) < 4.78 is 4.86. The lowest BCUT2D eigenvalue weighted by atomic mass is 10.3. The number of hydrogen-bond acceptors (Lipinski definition) is 4. The smallest absolute Gasteiger partial charge is 0.371 e. The van der Waals surface area contributed by atoms with E-state index in [9.17, 15) is 9.59 Å². The zero-order valence-corrected chi connectivity index (χ0v) is 9.66. The van der Waals surface area contributed by atoms with Crippen LogP contribution >= 0.6 is 0 Å². The highest BCUT2D eigenvalue weighted by atomic mass is 16.4. The molecule has 0 aliphatic carbocycles. The Balaban J connectivity index is 2.34. The fourth-order valence-electron chi connectivity index (χ4n) is 1.25. The van der Waals surface area contributed by atoms with Crippen LogP contribution in [0.2, 0.25) is 0 Å². The van der Waals surface area contributed by atoms with Crippen LogP contribution in [0.25, 0.3) is 0 Å². The van der Waals surface area contributed by atoms with Gasteiger partial charge in [0.2, 0.25) is 5.76 Å². The molecule has 0 spiro atoms. The van der Waals surface area contributed by atoms with E-state index < -0.39 is 11.9 Å². The van der Waals surface area contributed by atoms with Gasteiger partial charge in [0.1, 0.15) is 0 Å². The van der Waals surface area contributed by atoms with Gasteiger partial charge in [-0.2, -0.15) is 0 Å². The van der Waals surface area contributed by atoms with Crippen LogP contribution in [0.1, 0.15) is 34.5 Å². The van der Waals surface area contributed by atoms with Gasteiger partial charge in [0.15, 0.2) is 5.76 Å². The molecule has 0 aliphatic heterocycles. The van der Waals surface area contributed by atoms with Crippen LogP contribution in [-0.4, -0.2) is 36.6 Å². The quantitative estimate of drug-likeness (QED) is 0.610. The van der Waals surface area contributed by atoms with E-state index in [0.717, 1.165) is 19.5 Å². The Morgan fingerprint density at radius 2 is 2.00 bits per heavy atom. The minimum Gasteiger partial charge on any atom is -0.475 e. The van der Waals surface area contributed by atoms with Gasteiger partial charge in [-0.15, -0.1) is 0 Å². The van der Waals surface area contributed by atoms with E-state index in [1.54, 1.807) is 0 Å². The van der Waals surface area contributed by atoms with Gasteiger partial charge < -0.3 is 20.2 Å². The molecule has 1 heterocycles. The Morgan fingerprint density at radius 3 is 2.59 bits per heavy atom. The van der Waals surface area contributed by atoms with E-state index in [1.807, 2.05) is 6.92 Å². The molecular weight excluding hydrogens is 224 g/mol. The van der Waals surface area contributed by atoms with Crippen molar-refractivity contribution >= 4 is 11.9 Å². The first kappa shape index (κ1) is 13.2. The summed E-state index contributed by atoms with van der Waals surface area (Å²) in [6.45, 7) is 4.26. The second-order valence-corrected chi connectivity index (χ2v) is 3.43. The van der Waals surface area contributed by atoms with Crippen molar-refractivity contribution in [2.45, 2.75) is 13.3 Å². The summed E-state index contributed by atoms with van der Waals surface area (Å²) in [6.07, 6.45) is 0.812. The molecule has 6 heteroatoms. The molecule has 1 aromatic rings. The standard InChI is InChI=1S/C11H16N2O4/c1-2-12-6-3-7-13-10(14)8-4-5-9(17-8)11(15)16/h4-5,12H,2-3,6-7H2,1H3,(H,13,14)(H,15,16). The van der Waals surface area contributed by atoms with Crippen molar-refractivity contribution in [3.05, 3.63) is 23.7 Å². The summed E-state index contributed by atoms with van der Waals surface area (Å²) in [5.41, 5.74) is 0. The van der Waals surface area contributed by atoms with E-state index >= 15 is 0 Å². The highest BCUT2D eigenvalue weighted by Crippen LogP contribution is 2.07. The van der Waals surface area contributed by atoms with E-state index in [1.165, 1.54) is 12.1 Å². The Hall–Kier alpha value is -1.82. The van der Waals surface area contributed by atoms with Gasteiger partial charge >= 0.3 is 5.97 Å². The lowest BCUT2D eigenvalue weighted by Crippen LogP contribution is -2.27. The zero-order chi connectivity index (χ0) is 12.7. The molecule has 1 rings (SSSR count). The molecule has 0 saturated heterocycles. The number of carboxylic acids is 1. The monoisotopic (exact) mass is 240 g/mol. The third kappa shape index (κ3) is 4.28. The average Bonchev–Trinajstić information content (AvgIpc) is 2.78. The van der Waals surface area contributed by atoms with Gasteiger partial charge in [-0.05, 0) is 31.6 Å². The predicted octanol–water partition coefficient (Wildman–Crippen LogP) is 0.707. The molecular formula is C11H16N2O4. The summed E-state index contributed by atoms with van der Waals surface area (Å²) >= 11 is 0. The first-order valence-corrected chi connectivity index (χ1v) is 5.47. The number of carbonyl (C=O) groups is 2. The molecule has 6 nitrogen and oxygen atoms in total. The second kappa shape index (κ2) is 6.70. The second-order valence-electron chi connectivity index (χ2n) is 3.43. The maximum atomic E-state index is 11.5. The zero-order valence-electron chi connectivity index (χ0n) is 9.66. The van der Waals surface area contributed by atoms with Crippen LogP contribution in [0.4, 0.5) is 0 Å². The third-order valence-electron chi connectivity index (χ3n) is 2.11. The molecule has 1 amide bonds. The molecule has 0 fully saturated rings. The lowest BCUT2D eigenvalue weighted by Gasteiger charge is -2.03. The Labute approximate surface area is 99.0 Å². The molecule has 0 aromatic carbocycles. The fourth-order valence-corrected chi connectivity index (χ4v) is 1.25. The third-order valence-corrected chi connectivity index (χ3v) is 2.11. The number of hydrogen-bond donors (Lipinski definition) is 3.